The zero-order valence-electron chi connectivity index (χ0n) is 17.7. The van der Waals surface area contributed by atoms with Crippen LogP contribution in [0.15, 0.2) is 42.5 Å². The number of ether oxygens (including phenoxy) is 2. The van der Waals surface area contributed by atoms with Crippen LogP contribution in [0.3, 0.4) is 0 Å². The lowest BCUT2D eigenvalue weighted by molar-refractivity contribution is -0.126. The molecule has 3 rings (SSSR count). The minimum atomic E-state index is -3.67. The van der Waals surface area contributed by atoms with Crippen LogP contribution in [-0.2, 0) is 20.6 Å². The summed E-state index contributed by atoms with van der Waals surface area (Å²) < 4.78 is 38.1. The summed E-state index contributed by atoms with van der Waals surface area (Å²) in [5, 5.41) is 3.45. The first-order valence-electron chi connectivity index (χ1n) is 10.3. The number of nitrogens with zero attached hydrogens (tertiary/aromatic N) is 1. The van der Waals surface area contributed by atoms with Gasteiger partial charge in [0.2, 0.25) is 15.9 Å². The molecule has 0 aliphatic carbocycles. The Bertz CT molecular complexity index is 1030. The molecule has 0 aromatic heterocycles. The van der Waals surface area contributed by atoms with E-state index in [1.54, 1.807) is 37.4 Å². The molecule has 0 saturated carbocycles. The highest BCUT2D eigenvalue weighted by Crippen LogP contribution is 2.29. The van der Waals surface area contributed by atoms with Crippen LogP contribution in [0.5, 0.6) is 11.5 Å². The Morgan fingerprint density at radius 2 is 1.81 bits per heavy atom. The van der Waals surface area contributed by atoms with Gasteiger partial charge in [-0.2, -0.15) is 0 Å². The maximum Gasteiger partial charge on any atom is 0.224 e. The highest BCUT2D eigenvalue weighted by molar-refractivity contribution is 7.88. The lowest BCUT2D eigenvalue weighted by Gasteiger charge is -2.31. The van der Waals surface area contributed by atoms with Crippen molar-refractivity contribution >= 4 is 39.1 Å². The summed E-state index contributed by atoms with van der Waals surface area (Å²) >= 11 is 12.3. The van der Waals surface area contributed by atoms with Crippen molar-refractivity contribution in [2.75, 3.05) is 33.4 Å². The third-order valence-corrected chi connectivity index (χ3v) is 7.74. The van der Waals surface area contributed by atoms with E-state index in [-0.39, 0.29) is 24.8 Å². The van der Waals surface area contributed by atoms with E-state index in [4.69, 9.17) is 32.7 Å². The van der Waals surface area contributed by atoms with Crippen LogP contribution < -0.4 is 14.8 Å². The number of rotatable bonds is 9. The van der Waals surface area contributed by atoms with Crippen LogP contribution in [0.1, 0.15) is 18.4 Å². The van der Waals surface area contributed by atoms with Gasteiger partial charge in [0.05, 0.1) is 25.3 Å². The summed E-state index contributed by atoms with van der Waals surface area (Å²) in [7, 11) is -2.11. The van der Waals surface area contributed by atoms with Crippen molar-refractivity contribution in [3.05, 3.63) is 58.1 Å². The molecule has 1 N–H and O–H groups in total. The second-order valence-electron chi connectivity index (χ2n) is 7.44. The predicted molar refractivity (Wildman–Crippen MR) is 125 cm³/mol. The lowest BCUT2D eigenvalue weighted by Crippen LogP contribution is -2.46. The van der Waals surface area contributed by atoms with Gasteiger partial charge in [0.1, 0.15) is 6.61 Å². The van der Waals surface area contributed by atoms with Crippen LogP contribution >= 0.6 is 23.2 Å². The Morgan fingerprint density at radius 3 is 2.50 bits per heavy atom. The molecule has 0 spiro atoms. The number of carbonyl (C=O) groups excluding carboxylic acids is 1. The minimum Gasteiger partial charge on any atom is -0.493 e. The molecule has 10 heteroatoms. The van der Waals surface area contributed by atoms with Gasteiger partial charge in [-0.1, -0.05) is 41.4 Å². The molecule has 1 amide bonds. The van der Waals surface area contributed by atoms with E-state index in [1.807, 2.05) is 12.1 Å². The van der Waals surface area contributed by atoms with Gasteiger partial charge >= 0.3 is 0 Å². The van der Waals surface area contributed by atoms with Crippen molar-refractivity contribution in [1.29, 1.82) is 0 Å². The van der Waals surface area contributed by atoms with E-state index in [1.165, 1.54) is 4.31 Å². The molecule has 0 bridgehead atoms. The SMILES string of the molecule is COc1ccccc1OCCNC(=O)[C@@H]1CCCN(S(=O)(=O)Cc2c(Cl)cccc2Cl)C1. The maximum absolute atomic E-state index is 13.0. The Labute approximate surface area is 198 Å². The average molecular weight is 501 g/mol. The van der Waals surface area contributed by atoms with Crippen molar-refractivity contribution < 1.29 is 22.7 Å². The summed E-state index contributed by atoms with van der Waals surface area (Å²) in [5.41, 5.74) is 0.371. The highest BCUT2D eigenvalue weighted by Gasteiger charge is 2.33. The Morgan fingerprint density at radius 1 is 1.12 bits per heavy atom. The second-order valence-corrected chi connectivity index (χ2v) is 10.2. The molecule has 0 radical (unpaired) electrons. The molecule has 1 saturated heterocycles. The van der Waals surface area contributed by atoms with Crippen LogP contribution in [0.2, 0.25) is 10.0 Å². The third-order valence-electron chi connectivity index (χ3n) is 5.26. The van der Waals surface area contributed by atoms with Crippen molar-refractivity contribution in [2.45, 2.75) is 18.6 Å². The van der Waals surface area contributed by atoms with Crippen LogP contribution in [0.4, 0.5) is 0 Å². The lowest BCUT2D eigenvalue weighted by atomic mass is 9.99. The van der Waals surface area contributed by atoms with Crippen molar-refractivity contribution in [1.82, 2.24) is 9.62 Å². The zero-order valence-corrected chi connectivity index (χ0v) is 20.0. The van der Waals surface area contributed by atoms with Crippen molar-refractivity contribution in [3.63, 3.8) is 0 Å². The molecule has 2 aromatic carbocycles. The molecule has 1 heterocycles. The third kappa shape index (κ3) is 6.28. The molecule has 1 atom stereocenters. The molecule has 1 aliphatic heterocycles. The number of hydrogen-bond donors (Lipinski definition) is 1. The highest BCUT2D eigenvalue weighted by atomic mass is 35.5. The first kappa shape index (κ1) is 24.6. The molecule has 32 heavy (non-hydrogen) atoms. The van der Waals surface area contributed by atoms with Gasteiger partial charge in [0.25, 0.3) is 0 Å². The van der Waals surface area contributed by atoms with E-state index in [0.29, 0.717) is 53.0 Å². The molecule has 7 nitrogen and oxygen atoms in total. The van der Waals surface area contributed by atoms with Gasteiger partial charge in [-0.05, 0) is 37.1 Å². The van der Waals surface area contributed by atoms with Gasteiger partial charge < -0.3 is 14.8 Å². The number of halogens is 2. The van der Waals surface area contributed by atoms with E-state index >= 15 is 0 Å². The van der Waals surface area contributed by atoms with E-state index < -0.39 is 15.9 Å². The molecular formula is C22H26Cl2N2O5S. The standard InChI is InChI=1S/C22H26Cl2N2O5S/c1-30-20-9-2-3-10-21(20)31-13-11-25-22(27)16-6-5-12-26(14-16)32(28,29)15-17-18(23)7-4-8-19(17)24/h2-4,7-10,16H,5-6,11-15H2,1H3,(H,25,27)/t16-/m1/s1. The number of hydrogen-bond acceptors (Lipinski definition) is 5. The second kappa shape index (κ2) is 11.2. The fourth-order valence-electron chi connectivity index (χ4n) is 3.57. The molecule has 1 aliphatic rings. The average Bonchev–Trinajstić information content (AvgIpc) is 2.79. The normalized spacial score (nSPS) is 17.0. The molecule has 0 unspecified atom stereocenters. The fraction of sp³-hybridized carbons (Fsp3) is 0.409. The number of para-hydroxylation sites is 2. The topological polar surface area (TPSA) is 84.9 Å². The molecule has 1 fully saturated rings. The summed E-state index contributed by atoms with van der Waals surface area (Å²) in [6.45, 7) is 1.07. The van der Waals surface area contributed by atoms with E-state index in [9.17, 15) is 13.2 Å². The monoisotopic (exact) mass is 500 g/mol. The number of benzene rings is 2. The van der Waals surface area contributed by atoms with Gasteiger partial charge in [0.15, 0.2) is 11.5 Å². The van der Waals surface area contributed by atoms with Gasteiger partial charge in [-0.3, -0.25) is 4.79 Å². The van der Waals surface area contributed by atoms with Gasteiger partial charge in [-0.15, -0.1) is 0 Å². The quantitative estimate of drug-likeness (QED) is 0.530. The summed E-state index contributed by atoms with van der Waals surface area (Å²) in [4.78, 5) is 12.6. The van der Waals surface area contributed by atoms with E-state index in [0.717, 1.165) is 0 Å². The molecular weight excluding hydrogens is 475 g/mol. The number of piperidine rings is 1. The number of carbonyl (C=O) groups is 1. The minimum absolute atomic E-state index is 0.129. The number of amides is 1. The summed E-state index contributed by atoms with van der Waals surface area (Å²) in [5.74, 6) is 0.297. The van der Waals surface area contributed by atoms with Crippen molar-refractivity contribution in [3.8, 4) is 11.5 Å². The molecule has 2 aromatic rings. The van der Waals surface area contributed by atoms with Crippen LogP contribution in [0.25, 0.3) is 0 Å². The predicted octanol–water partition coefficient (Wildman–Crippen LogP) is 3.74. The Balaban J connectivity index is 1.53. The zero-order chi connectivity index (χ0) is 23.1. The van der Waals surface area contributed by atoms with Gasteiger partial charge in [0, 0.05) is 28.7 Å². The van der Waals surface area contributed by atoms with Gasteiger partial charge in [-0.25, -0.2) is 12.7 Å². The number of nitrogens with one attached hydrogen (secondary N) is 1. The maximum atomic E-state index is 13.0. The fourth-order valence-corrected chi connectivity index (χ4v) is 5.93. The first-order chi connectivity index (χ1) is 15.3. The number of sulfonamides is 1. The molecule has 174 valence electrons. The van der Waals surface area contributed by atoms with E-state index in [2.05, 4.69) is 5.32 Å². The smallest absolute Gasteiger partial charge is 0.224 e. The first-order valence-corrected chi connectivity index (χ1v) is 12.6. The summed E-state index contributed by atoms with van der Waals surface area (Å²) in [6.07, 6.45) is 1.23. The Kier molecular flexibility index (Phi) is 8.64. The summed E-state index contributed by atoms with van der Waals surface area (Å²) in [6, 6.07) is 12.1. The number of methoxy groups -OCH3 is 1. The van der Waals surface area contributed by atoms with Crippen molar-refractivity contribution in [2.24, 2.45) is 5.92 Å². The van der Waals surface area contributed by atoms with Crippen LogP contribution in [-0.4, -0.2) is 52.0 Å². The largest absolute Gasteiger partial charge is 0.493 e. The Hall–Kier alpha value is -2.00. The van der Waals surface area contributed by atoms with Crippen LogP contribution in [0, 0.1) is 5.92 Å².